The molecule has 0 spiro atoms. The van der Waals surface area contributed by atoms with Crippen LogP contribution >= 0.6 is 22.3 Å². The number of rotatable bonds is 1. The summed E-state index contributed by atoms with van der Waals surface area (Å²) in [6, 6.07) is 6.77. The number of nitrogens with two attached hydrogens (primary N) is 1. The van der Waals surface area contributed by atoms with Crippen LogP contribution in [-0.2, 0) is 9.05 Å². The first-order valence-electron chi connectivity index (χ1n) is 5.98. The maximum atomic E-state index is 12.6. The SMILES string of the molecule is Nc1c(S(=O)(=O)Cl)ccc2c1C(=O)c1cccc(Cl)c1C2=O. The Morgan fingerprint density at radius 1 is 0.909 bits per heavy atom. The highest BCUT2D eigenvalue weighted by Crippen LogP contribution is 2.37. The number of hydrogen-bond acceptors (Lipinski definition) is 5. The molecule has 8 heteroatoms. The van der Waals surface area contributed by atoms with E-state index in [0.717, 1.165) is 6.07 Å². The standard InChI is InChI=1S/C14H7Cl2NO4S/c15-8-3-1-2-6-10(8)13(18)7-4-5-9(22(16,20)21)12(17)11(7)14(6)19/h1-5H,17H2. The predicted molar refractivity (Wildman–Crippen MR) is 82.2 cm³/mol. The average molecular weight is 356 g/mol. The second-order valence-electron chi connectivity index (χ2n) is 4.66. The van der Waals surface area contributed by atoms with Crippen molar-refractivity contribution < 1.29 is 18.0 Å². The minimum Gasteiger partial charge on any atom is -0.397 e. The van der Waals surface area contributed by atoms with Gasteiger partial charge in [-0.15, -0.1) is 0 Å². The Hall–Kier alpha value is -1.89. The van der Waals surface area contributed by atoms with Crippen LogP contribution in [0.5, 0.6) is 0 Å². The lowest BCUT2D eigenvalue weighted by Crippen LogP contribution is -2.23. The van der Waals surface area contributed by atoms with E-state index in [-0.39, 0.29) is 33.0 Å². The van der Waals surface area contributed by atoms with Crippen LogP contribution in [0.3, 0.4) is 0 Å². The molecule has 1 aliphatic carbocycles. The Morgan fingerprint density at radius 3 is 2.14 bits per heavy atom. The molecule has 22 heavy (non-hydrogen) atoms. The van der Waals surface area contributed by atoms with Crippen LogP contribution < -0.4 is 5.73 Å². The van der Waals surface area contributed by atoms with Crippen molar-refractivity contribution in [3.05, 3.63) is 57.6 Å². The molecule has 112 valence electrons. The molecule has 1 aliphatic rings. The second kappa shape index (κ2) is 4.81. The summed E-state index contributed by atoms with van der Waals surface area (Å²) in [5.74, 6) is -1.05. The average Bonchev–Trinajstić information content (AvgIpc) is 2.43. The Bertz CT molecular complexity index is 967. The van der Waals surface area contributed by atoms with E-state index < -0.39 is 25.5 Å². The first-order chi connectivity index (χ1) is 10.2. The molecule has 0 saturated heterocycles. The summed E-state index contributed by atoms with van der Waals surface area (Å²) in [6.07, 6.45) is 0. The van der Waals surface area contributed by atoms with E-state index in [2.05, 4.69) is 0 Å². The van der Waals surface area contributed by atoms with Crippen LogP contribution in [-0.4, -0.2) is 20.0 Å². The molecule has 3 rings (SSSR count). The molecule has 5 nitrogen and oxygen atoms in total. The fourth-order valence-electron chi connectivity index (χ4n) is 2.46. The maximum Gasteiger partial charge on any atom is 0.263 e. The quantitative estimate of drug-likeness (QED) is 0.534. The van der Waals surface area contributed by atoms with Crippen molar-refractivity contribution in [3.8, 4) is 0 Å². The fraction of sp³-hybridized carbons (Fsp3) is 0. The Morgan fingerprint density at radius 2 is 1.50 bits per heavy atom. The highest BCUT2D eigenvalue weighted by molar-refractivity contribution is 8.13. The van der Waals surface area contributed by atoms with E-state index in [9.17, 15) is 18.0 Å². The van der Waals surface area contributed by atoms with Gasteiger partial charge in [0.1, 0.15) is 4.90 Å². The lowest BCUT2D eigenvalue weighted by molar-refractivity contribution is 0.0979. The summed E-state index contributed by atoms with van der Waals surface area (Å²) < 4.78 is 23.0. The topological polar surface area (TPSA) is 94.3 Å². The maximum absolute atomic E-state index is 12.6. The normalized spacial score (nSPS) is 13.7. The van der Waals surface area contributed by atoms with Crippen LogP contribution in [0.4, 0.5) is 5.69 Å². The van der Waals surface area contributed by atoms with Gasteiger partial charge in [-0.25, -0.2) is 8.42 Å². The van der Waals surface area contributed by atoms with Crippen molar-refractivity contribution in [2.75, 3.05) is 5.73 Å². The van der Waals surface area contributed by atoms with E-state index in [4.69, 9.17) is 28.0 Å². The van der Waals surface area contributed by atoms with Crippen LogP contribution in [0.15, 0.2) is 35.2 Å². The second-order valence-corrected chi connectivity index (χ2v) is 7.60. The fourth-order valence-corrected chi connectivity index (χ4v) is 3.72. The lowest BCUT2D eigenvalue weighted by Gasteiger charge is -2.20. The number of carbonyl (C=O) groups excluding carboxylic acids is 2. The van der Waals surface area contributed by atoms with E-state index >= 15 is 0 Å². The van der Waals surface area contributed by atoms with Crippen molar-refractivity contribution in [3.63, 3.8) is 0 Å². The van der Waals surface area contributed by atoms with Crippen molar-refractivity contribution in [1.29, 1.82) is 0 Å². The molecular weight excluding hydrogens is 349 g/mol. The number of anilines is 1. The number of carbonyl (C=O) groups is 2. The Labute approximate surface area is 135 Å². The highest BCUT2D eigenvalue weighted by Gasteiger charge is 2.34. The summed E-state index contributed by atoms with van der Waals surface area (Å²) >= 11 is 5.99. The number of fused-ring (bicyclic) bond motifs is 2. The third kappa shape index (κ3) is 2.03. The molecule has 2 aromatic rings. The summed E-state index contributed by atoms with van der Waals surface area (Å²) in [6.45, 7) is 0. The molecule has 2 aromatic carbocycles. The molecule has 0 bridgehead atoms. The van der Waals surface area contributed by atoms with Crippen LogP contribution in [0.25, 0.3) is 0 Å². The zero-order valence-electron chi connectivity index (χ0n) is 10.8. The molecule has 0 amide bonds. The zero-order valence-corrected chi connectivity index (χ0v) is 13.1. The first kappa shape index (κ1) is 15.0. The van der Waals surface area contributed by atoms with Gasteiger partial charge in [-0.3, -0.25) is 9.59 Å². The van der Waals surface area contributed by atoms with Crippen LogP contribution in [0.1, 0.15) is 31.8 Å². The van der Waals surface area contributed by atoms with Gasteiger partial charge in [0, 0.05) is 21.8 Å². The largest absolute Gasteiger partial charge is 0.397 e. The molecule has 0 fully saturated rings. The number of halogens is 2. The minimum atomic E-state index is -4.14. The van der Waals surface area contributed by atoms with Gasteiger partial charge in [0.2, 0.25) is 0 Å². The predicted octanol–water partition coefficient (Wildman–Crippen LogP) is 2.63. The molecule has 0 unspecified atom stereocenters. The highest BCUT2D eigenvalue weighted by atomic mass is 35.7. The van der Waals surface area contributed by atoms with Crippen molar-refractivity contribution >= 4 is 48.6 Å². The van der Waals surface area contributed by atoms with E-state index in [1.165, 1.54) is 24.3 Å². The van der Waals surface area contributed by atoms with E-state index in [1.54, 1.807) is 0 Å². The summed E-state index contributed by atoms with van der Waals surface area (Å²) in [5.41, 5.74) is 5.44. The van der Waals surface area contributed by atoms with Crippen molar-refractivity contribution in [1.82, 2.24) is 0 Å². The van der Waals surface area contributed by atoms with Crippen molar-refractivity contribution in [2.45, 2.75) is 4.90 Å². The Balaban J connectivity index is 2.38. The van der Waals surface area contributed by atoms with E-state index in [1.807, 2.05) is 0 Å². The Kier molecular flexibility index (Phi) is 3.28. The van der Waals surface area contributed by atoms with Gasteiger partial charge < -0.3 is 5.73 Å². The van der Waals surface area contributed by atoms with Gasteiger partial charge in [0.05, 0.1) is 21.8 Å². The molecule has 0 aromatic heterocycles. The van der Waals surface area contributed by atoms with Gasteiger partial charge in [-0.05, 0) is 18.2 Å². The lowest BCUT2D eigenvalue weighted by atomic mass is 9.83. The summed E-state index contributed by atoms with van der Waals surface area (Å²) in [4.78, 5) is 24.7. The third-order valence-corrected chi connectivity index (χ3v) is 5.12. The molecule has 0 saturated carbocycles. The van der Waals surface area contributed by atoms with Gasteiger partial charge >= 0.3 is 0 Å². The summed E-state index contributed by atoms with van der Waals surface area (Å²) in [7, 11) is 1.15. The first-order valence-corrected chi connectivity index (χ1v) is 8.67. The molecule has 0 heterocycles. The molecule has 0 radical (unpaired) electrons. The number of hydrogen-bond donors (Lipinski definition) is 1. The van der Waals surface area contributed by atoms with Crippen molar-refractivity contribution in [2.24, 2.45) is 0 Å². The van der Waals surface area contributed by atoms with Gasteiger partial charge in [0.25, 0.3) is 9.05 Å². The number of ketones is 2. The molecule has 2 N–H and O–H groups in total. The monoisotopic (exact) mass is 355 g/mol. The molecule has 0 atom stereocenters. The third-order valence-electron chi connectivity index (χ3n) is 3.43. The minimum absolute atomic E-state index is 0.00664. The molecule has 0 aliphatic heterocycles. The smallest absolute Gasteiger partial charge is 0.263 e. The van der Waals surface area contributed by atoms with Gasteiger partial charge in [-0.1, -0.05) is 23.7 Å². The number of benzene rings is 2. The summed E-state index contributed by atoms with van der Waals surface area (Å²) in [5, 5.41) is 0.147. The van der Waals surface area contributed by atoms with Gasteiger partial charge in [-0.2, -0.15) is 0 Å². The molecular formula is C14H7Cl2NO4S. The van der Waals surface area contributed by atoms with Crippen LogP contribution in [0, 0.1) is 0 Å². The van der Waals surface area contributed by atoms with E-state index in [0.29, 0.717) is 0 Å². The number of nitrogen functional groups attached to an aromatic ring is 1. The zero-order chi connectivity index (χ0) is 16.2. The van der Waals surface area contributed by atoms with Crippen LogP contribution in [0.2, 0.25) is 5.02 Å². The van der Waals surface area contributed by atoms with Gasteiger partial charge in [0.15, 0.2) is 11.6 Å².